The highest BCUT2D eigenvalue weighted by atomic mass is 32.1. The zero-order chi connectivity index (χ0) is 12.4. The first-order valence-corrected chi connectivity index (χ1v) is 6.63. The SMILES string of the molecule is CC(CC(N)=S)N(C)c1snc2ccccc12. The maximum atomic E-state index is 5.59. The molecule has 1 unspecified atom stereocenters. The van der Waals surface area contributed by atoms with E-state index in [0.29, 0.717) is 4.99 Å². The molecule has 0 saturated carbocycles. The van der Waals surface area contributed by atoms with E-state index in [9.17, 15) is 0 Å². The molecule has 1 aromatic heterocycles. The molecule has 2 rings (SSSR count). The second-order valence-corrected chi connectivity index (χ2v) is 5.41. The summed E-state index contributed by atoms with van der Waals surface area (Å²) in [6, 6.07) is 8.45. The van der Waals surface area contributed by atoms with Crippen LogP contribution in [-0.2, 0) is 0 Å². The van der Waals surface area contributed by atoms with E-state index in [-0.39, 0.29) is 6.04 Å². The van der Waals surface area contributed by atoms with Gasteiger partial charge in [0, 0.05) is 24.9 Å². The lowest BCUT2D eigenvalue weighted by Crippen LogP contribution is -2.31. The molecular formula is C12H15N3S2. The van der Waals surface area contributed by atoms with Gasteiger partial charge in [-0.1, -0.05) is 24.4 Å². The number of nitrogens with two attached hydrogens (primary N) is 1. The van der Waals surface area contributed by atoms with Crippen LogP contribution in [0.4, 0.5) is 5.00 Å². The highest BCUT2D eigenvalue weighted by Gasteiger charge is 2.15. The molecular weight excluding hydrogens is 250 g/mol. The van der Waals surface area contributed by atoms with Crippen molar-refractivity contribution in [3.05, 3.63) is 24.3 Å². The lowest BCUT2D eigenvalue weighted by Gasteiger charge is -2.25. The van der Waals surface area contributed by atoms with Crippen molar-refractivity contribution in [3.8, 4) is 0 Å². The number of benzene rings is 1. The average molecular weight is 265 g/mol. The predicted molar refractivity (Wildman–Crippen MR) is 78.9 cm³/mol. The van der Waals surface area contributed by atoms with Crippen molar-refractivity contribution < 1.29 is 0 Å². The fourth-order valence-electron chi connectivity index (χ4n) is 1.76. The summed E-state index contributed by atoms with van der Waals surface area (Å²) in [7, 11) is 2.06. The van der Waals surface area contributed by atoms with Gasteiger partial charge in [0.15, 0.2) is 0 Å². The van der Waals surface area contributed by atoms with E-state index in [1.807, 2.05) is 18.2 Å². The first-order valence-electron chi connectivity index (χ1n) is 5.45. The Morgan fingerprint density at radius 1 is 1.53 bits per heavy atom. The van der Waals surface area contributed by atoms with Crippen molar-refractivity contribution in [3.63, 3.8) is 0 Å². The molecule has 2 aromatic rings. The first-order chi connectivity index (χ1) is 8.09. The number of fused-ring (bicyclic) bond motifs is 1. The first kappa shape index (κ1) is 12.3. The molecule has 3 nitrogen and oxygen atoms in total. The lowest BCUT2D eigenvalue weighted by molar-refractivity contribution is 0.721. The highest BCUT2D eigenvalue weighted by Crippen LogP contribution is 2.31. The van der Waals surface area contributed by atoms with Crippen LogP contribution >= 0.6 is 23.8 Å². The summed E-state index contributed by atoms with van der Waals surface area (Å²) in [5.74, 6) is 0. The molecule has 0 aliphatic rings. The van der Waals surface area contributed by atoms with E-state index < -0.39 is 0 Å². The van der Waals surface area contributed by atoms with Crippen molar-refractivity contribution in [1.29, 1.82) is 0 Å². The second-order valence-electron chi connectivity index (χ2n) is 4.14. The summed E-state index contributed by atoms with van der Waals surface area (Å²) < 4.78 is 4.44. The molecule has 0 bridgehead atoms. The molecule has 1 heterocycles. The standard InChI is InChI=1S/C12H15N3S2/c1-8(7-11(13)16)15(2)12-9-5-3-4-6-10(9)14-17-12/h3-6,8H,7H2,1-2H3,(H2,13,16). The van der Waals surface area contributed by atoms with Gasteiger partial charge in [0.2, 0.25) is 0 Å². The minimum Gasteiger partial charge on any atom is -0.393 e. The van der Waals surface area contributed by atoms with Crippen LogP contribution in [-0.4, -0.2) is 22.5 Å². The minimum absolute atomic E-state index is 0.288. The van der Waals surface area contributed by atoms with Crippen LogP contribution in [0, 0.1) is 0 Å². The molecule has 0 saturated heterocycles. The van der Waals surface area contributed by atoms with Crippen molar-refractivity contribution in [1.82, 2.24) is 4.37 Å². The van der Waals surface area contributed by atoms with Crippen molar-refractivity contribution in [2.24, 2.45) is 5.73 Å². The van der Waals surface area contributed by atoms with Crippen LogP contribution in [0.5, 0.6) is 0 Å². The number of nitrogens with zero attached hydrogens (tertiary/aromatic N) is 2. The molecule has 0 amide bonds. The zero-order valence-electron chi connectivity index (χ0n) is 9.88. The Morgan fingerprint density at radius 3 is 2.94 bits per heavy atom. The van der Waals surface area contributed by atoms with E-state index in [4.69, 9.17) is 18.0 Å². The van der Waals surface area contributed by atoms with Gasteiger partial charge in [0.05, 0.1) is 10.5 Å². The number of hydrogen-bond acceptors (Lipinski definition) is 4. The number of aromatic nitrogens is 1. The third kappa shape index (κ3) is 2.56. The van der Waals surface area contributed by atoms with Crippen LogP contribution in [0.25, 0.3) is 10.9 Å². The Kier molecular flexibility index (Phi) is 3.59. The lowest BCUT2D eigenvalue weighted by atomic mass is 10.2. The molecule has 5 heteroatoms. The smallest absolute Gasteiger partial charge is 0.119 e. The van der Waals surface area contributed by atoms with Crippen molar-refractivity contribution in [2.45, 2.75) is 19.4 Å². The van der Waals surface area contributed by atoms with Crippen LogP contribution in [0.1, 0.15) is 13.3 Å². The van der Waals surface area contributed by atoms with E-state index in [0.717, 1.165) is 11.9 Å². The molecule has 0 spiro atoms. The third-order valence-corrected chi connectivity index (χ3v) is 3.98. The van der Waals surface area contributed by atoms with E-state index in [1.54, 1.807) is 0 Å². The van der Waals surface area contributed by atoms with E-state index in [2.05, 4.69) is 29.3 Å². The van der Waals surface area contributed by atoms with Crippen LogP contribution in [0.3, 0.4) is 0 Å². The van der Waals surface area contributed by atoms with E-state index in [1.165, 1.54) is 21.9 Å². The van der Waals surface area contributed by atoms with Gasteiger partial charge in [-0.25, -0.2) is 0 Å². The fourth-order valence-corrected chi connectivity index (χ4v) is 2.92. The molecule has 0 radical (unpaired) electrons. The Bertz CT molecular complexity index is 535. The molecule has 1 aromatic carbocycles. The Hall–Kier alpha value is -1.20. The third-order valence-electron chi connectivity index (χ3n) is 2.84. The number of anilines is 1. The summed E-state index contributed by atoms with van der Waals surface area (Å²) >= 11 is 6.47. The number of hydrogen-bond donors (Lipinski definition) is 1. The monoisotopic (exact) mass is 265 g/mol. The number of rotatable bonds is 4. The molecule has 0 aliphatic heterocycles. The molecule has 17 heavy (non-hydrogen) atoms. The van der Waals surface area contributed by atoms with Gasteiger partial charge in [-0.15, -0.1) is 0 Å². The van der Waals surface area contributed by atoms with Crippen molar-refractivity contribution in [2.75, 3.05) is 11.9 Å². The minimum atomic E-state index is 0.288. The van der Waals surface area contributed by atoms with Crippen LogP contribution in [0.15, 0.2) is 24.3 Å². The maximum Gasteiger partial charge on any atom is 0.119 e. The Morgan fingerprint density at radius 2 is 2.24 bits per heavy atom. The maximum absolute atomic E-state index is 5.59. The van der Waals surface area contributed by atoms with Gasteiger partial charge in [-0.3, -0.25) is 0 Å². The Balaban J connectivity index is 2.30. The molecule has 0 aliphatic carbocycles. The fraction of sp³-hybridized carbons (Fsp3) is 0.333. The van der Waals surface area contributed by atoms with Crippen LogP contribution in [0.2, 0.25) is 0 Å². The molecule has 1 atom stereocenters. The van der Waals surface area contributed by atoms with Gasteiger partial charge in [0.25, 0.3) is 0 Å². The topological polar surface area (TPSA) is 42.1 Å². The molecule has 0 fully saturated rings. The highest BCUT2D eigenvalue weighted by molar-refractivity contribution is 7.80. The number of thiocarbonyl (C=S) groups is 1. The summed E-state index contributed by atoms with van der Waals surface area (Å²) in [4.78, 5) is 2.75. The van der Waals surface area contributed by atoms with Gasteiger partial charge >= 0.3 is 0 Å². The van der Waals surface area contributed by atoms with Crippen molar-refractivity contribution >= 4 is 44.6 Å². The normalized spacial score (nSPS) is 12.6. The predicted octanol–water partition coefficient (Wildman–Crippen LogP) is 2.80. The van der Waals surface area contributed by atoms with E-state index >= 15 is 0 Å². The quantitative estimate of drug-likeness (QED) is 0.863. The largest absolute Gasteiger partial charge is 0.393 e. The zero-order valence-corrected chi connectivity index (χ0v) is 11.5. The van der Waals surface area contributed by atoms with Gasteiger partial charge < -0.3 is 10.6 Å². The molecule has 90 valence electrons. The summed E-state index contributed by atoms with van der Waals surface area (Å²) in [5, 5.41) is 2.36. The summed E-state index contributed by atoms with van der Waals surface area (Å²) in [6.45, 7) is 2.12. The summed E-state index contributed by atoms with van der Waals surface area (Å²) in [5.41, 5.74) is 6.63. The van der Waals surface area contributed by atoms with Crippen LogP contribution < -0.4 is 10.6 Å². The summed E-state index contributed by atoms with van der Waals surface area (Å²) in [6.07, 6.45) is 0.720. The average Bonchev–Trinajstić information content (AvgIpc) is 2.70. The van der Waals surface area contributed by atoms with Gasteiger partial charge in [-0.05, 0) is 30.6 Å². The Labute approximate surface area is 110 Å². The second kappa shape index (κ2) is 4.98. The van der Waals surface area contributed by atoms with Gasteiger partial charge in [0.1, 0.15) is 5.00 Å². The van der Waals surface area contributed by atoms with Gasteiger partial charge in [-0.2, -0.15) is 4.37 Å². The molecule has 2 N–H and O–H groups in total.